The van der Waals surface area contributed by atoms with E-state index in [1.165, 1.54) is 12.1 Å². The number of hydrogen-bond acceptors (Lipinski definition) is 3. The summed E-state index contributed by atoms with van der Waals surface area (Å²) in [7, 11) is -0.544. The minimum atomic E-state index is -0.544. The lowest BCUT2D eigenvalue weighted by Crippen LogP contribution is -2.41. The monoisotopic (exact) mass is 294 g/mol. The summed E-state index contributed by atoms with van der Waals surface area (Å²) in [6, 6.07) is 4.47. The first kappa shape index (κ1) is 16.3. The Labute approximate surface area is 126 Å². The Morgan fingerprint density at radius 3 is 2.24 bits per heavy atom. The molecule has 0 atom stereocenters. The first-order chi connectivity index (χ1) is 9.62. The van der Waals surface area contributed by atoms with Gasteiger partial charge in [0.1, 0.15) is 11.6 Å². The zero-order valence-corrected chi connectivity index (χ0v) is 13.7. The third kappa shape index (κ3) is 3.41. The van der Waals surface area contributed by atoms with Gasteiger partial charge in [0.2, 0.25) is 0 Å². The molecule has 0 unspecified atom stereocenters. The molecular weight excluding hydrogens is 270 g/mol. The van der Waals surface area contributed by atoms with E-state index in [2.05, 4.69) is 0 Å². The van der Waals surface area contributed by atoms with E-state index >= 15 is 0 Å². The van der Waals surface area contributed by atoms with E-state index in [-0.39, 0.29) is 5.82 Å². The van der Waals surface area contributed by atoms with Crippen LogP contribution in [0.5, 0.6) is 5.75 Å². The van der Waals surface area contributed by atoms with Crippen LogP contribution < -0.4 is 10.2 Å². The lowest BCUT2D eigenvalue weighted by atomic mass is 9.78. The Kier molecular flexibility index (Phi) is 4.36. The summed E-state index contributed by atoms with van der Waals surface area (Å²) in [6.45, 7) is 12.6. The van der Waals surface area contributed by atoms with Crippen molar-refractivity contribution in [3.8, 4) is 5.75 Å². The molecule has 0 radical (unpaired) electrons. The average Bonchev–Trinajstić information content (AvgIpc) is 2.55. The maximum absolute atomic E-state index is 13.5. The molecule has 1 aromatic rings. The van der Waals surface area contributed by atoms with E-state index in [4.69, 9.17) is 14.0 Å². The van der Waals surface area contributed by atoms with Crippen molar-refractivity contribution in [2.24, 2.45) is 5.92 Å². The molecule has 116 valence electrons. The van der Waals surface area contributed by atoms with Crippen LogP contribution in [-0.2, 0) is 9.31 Å². The number of benzene rings is 1. The molecule has 1 fully saturated rings. The quantitative estimate of drug-likeness (QED) is 0.798. The fourth-order valence-electron chi connectivity index (χ4n) is 2.05. The second kappa shape index (κ2) is 5.62. The zero-order valence-electron chi connectivity index (χ0n) is 13.7. The minimum Gasteiger partial charge on any atom is -0.494 e. The van der Waals surface area contributed by atoms with E-state index in [0.717, 1.165) is 5.46 Å². The summed E-state index contributed by atoms with van der Waals surface area (Å²) >= 11 is 0. The molecule has 0 aromatic heterocycles. The molecular formula is C16H24BFO3. The second-order valence-corrected chi connectivity index (χ2v) is 6.98. The van der Waals surface area contributed by atoms with E-state index in [1.807, 2.05) is 41.5 Å². The van der Waals surface area contributed by atoms with Crippen LogP contribution in [0.1, 0.15) is 41.5 Å². The molecule has 0 spiro atoms. The van der Waals surface area contributed by atoms with Gasteiger partial charge < -0.3 is 14.0 Å². The van der Waals surface area contributed by atoms with Gasteiger partial charge in [0.15, 0.2) is 0 Å². The Balaban J connectivity index is 2.28. The topological polar surface area (TPSA) is 27.7 Å². The predicted molar refractivity (Wildman–Crippen MR) is 82.4 cm³/mol. The number of hydrogen-bond donors (Lipinski definition) is 0. The summed E-state index contributed by atoms with van der Waals surface area (Å²) in [5.41, 5.74) is -0.126. The molecule has 1 saturated heterocycles. The third-order valence-electron chi connectivity index (χ3n) is 4.05. The van der Waals surface area contributed by atoms with E-state index in [0.29, 0.717) is 18.3 Å². The van der Waals surface area contributed by atoms with E-state index in [9.17, 15) is 4.39 Å². The van der Waals surface area contributed by atoms with Gasteiger partial charge in [0.05, 0.1) is 17.8 Å². The van der Waals surface area contributed by atoms with Crippen molar-refractivity contribution >= 4 is 12.6 Å². The van der Waals surface area contributed by atoms with Crippen molar-refractivity contribution in [2.45, 2.75) is 52.7 Å². The van der Waals surface area contributed by atoms with E-state index in [1.54, 1.807) is 6.07 Å². The molecule has 0 bridgehead atoms. The van der Waals surface area contributed by atoms with Gasteiger partial charge in [-0.1, -0.05) is 19.9 Å². The minimum absolute atomic E-state index is 0.325. The molecule has 0 N–H and O–H groups in total. The van der Waals surface area contributed by atoms with Crippen molar-refractivity contribution in [3.63, 3.8) is 0 Å². The van der Waals surface area contributed by atoms with Crippen molar-refractivity contribution in [2.75, 3.05) is 6.61 Å². The summed E-state index contributed by atoms with van der Waals surface area (Å²) in [5, 5.41) is 0. The first-order valence-electron chi connectivity index (χ1n) is 7.40. The summed E-state index contributed by atoms with van der Waals surface area (Å²) < 4.78 is 31.3. The van der Waals surface area contributed by atoms with Gasteiger partial charge in [-0.15, -0.1) is 0 Å². The zero-order chi connectivity index (χ0) is 15.8. The highest BCUT2D eigenvalue weighted by Gasteiger charge is 2.52. The maximum Gasteiger partial charge on any atom is 0.498 e. The van der Waals surface area contributed by atoms with Crippen LogP contribution in [0.25, 0.3) is 0 Å². The number of ether oxygens (including phenoxy) is 1. The highest BCUT2D eigenvalue weighted by molar-refractivity contribution is 6.63. The van der Waals surface area contributed by atoms with Gasteiger partial charge in [-0.25, -0.2) is 4.39 Å². The fraction of sp³-hybridized carbons (Fsp3) is 0.625. The molecule has 1 heterocycles. The Morgan fingerprint density at radius 2 is 1.71 bits per heavy atom. The maximum atomic E-state index is 13.5. The van der Waals surface area contributed by atoms with Crippen molar-refractivity contribution in [1.82, 2.24) is 0 Å². The summed E-state index contributed by atoms with van der Waals surface area (Å²) in [4.78, 5) is 0. The predicted octanol–water partition coefficient (Wildman–Crippen LogP) is 3.16. The van der Waals surface area contributed by atoms with Crippen LogP contribution in [0, 0.1) is 11.7 Å². The molecule has 1 aromatic carbocycles. The molecule has 0 saturated carbocycles. The van der Waals surface area contributed by atoms with Gasteiger partial charge in [-0.2, -0.15) is 0 Å². The van der Waals surface area contributed by atoms with Crippen molar-refractivity contribution < 1.29 is 18.4 Å². The molecule has 21 heavy (non-hydrogen) atoms. The second-order valence-electron chi connectivity index (χ2n) is 6.98. The number of rotatable bonds is 4. The molecule has 0 amide bonds. The van der Waals surface area contributed by atoms with Gasteiger partial charge >= 0.3 is 7.12 Å². The highest BCUT2D eigenvalue weighted by atomic mass is 19.1. The SMILES string of the molecule is CC(C)COc1cc(F)ccc1B1OC(C)(C)C(C)(C)O1. The van der Waals surface area contributed by atoms with Gasteiger partial charge in [-0.05, 0) is 39.7 Å². The molecule has 1 aliphatic rings. The summed E-state index contributed by atoms with van der Waals surface area (Å²) in [6.07, 6.45) is 0. The van der Waals surface area contributed by atoms with Crippen LogP contribution in [0.2, 0.25) is 0 Å². The third-order valence-corrected chi connectivity index (χ3v) is 4.05. The normalized spacial score (nSPS) is 20.1. The van der Waals surface area contributed by atoms with Crippen LogP contribution in [0.3, 0.4) is 0 Å². The fourth-order valence-corrected chi connectivity index (χ4v) is 2.05. The average molecular weight is 294 g/mol. The van der Waals surface area contributed by atoms with Gasteiger partial charge in [-0.3, -0.25) is 0 Å². The van der Waals surface area contributed by atoms with Crippen LogP contribution >= 0.6 is 0 Å². The van der Waals surface area contributed by atoms with Crippen molar-refractivity contribution in [1.29, 1.82) is 0 Å². The van der Waals surface area contributed by atoms with Crippen LogP contribution in [-0.4, -0.2) is 24.9 Å². The summed E-state index contributed by atoms with van der Waals surface area (Å²) in [5.74, 6) is 0.524. The molecule has 0 aliphatic carbocycles. The molecule has 5 heteroatoms. The van der Waals surface area contributed by atoms with Crippen LogP contribution in [0.15, 0.2) is 18.2 Å². The molecule has 1 aliphatic heterocycles. The standard InChI is InChI=1S/C16H24BFO3/c1-11(2)10-19-14-9-12(18)7-8-13(14)17-20-15(3,4)16(5,6)21-17/h7-9,11H,10H2,1-6H3. The lowest BCUT2D eigenvalue weighted by molar-refractivity contribution is 0.00578. The van der Waals surface area contributed by atoms with E-state index < -0.39 is 18.3 Å². The Morgan fingerprint density at radius 1 is 1.14 bits per heavy atom. The van der Waals surface area contributed by atoms with Crippen molar-refractivity contribution in [3.05, 3.63) is 24.0 Å². The van der Waals surface area contributed by atoms with Crippen LogP contribution in [0.4, 0.5) is 4.39 Å². The largest absolute Gasteiger partial charge is 0.498 e. The first-order valence-corrected chi connectivity index (χ1v) is 7.40. The Bertz CT molecular complexity index is 498. The molecule has 3 nitrogen and oxygen atoms in total. The van der Waals surface area contributed by atoms with Gasteiger partial charge in [0, 0.05) is 11.5 Å². The Hall–Kier alpha value is -1.07. The molecule has 2 rings (SSSR count). The number of halogens is 1. The smallest absolute Gasteiger partial charge is 0.494 e. The van der Waals surface area contributed by atoms with Gasteiger partial charge in [0.25, 0.3) is 0 Å². The highest BCUT2D eigenvalue weighted by Crippen LogP contribution is 2.37. The lowest BCUT2D eigenvalue weighted by Gasteiger charge is -2.32.